The van der Waals surface area contributed by atoms with Crippen molar-refractivity contribution < 1.29 is 14.3 Å². The molecular weight excluding hydrogens is 364 g/mol. The Labute approximate surface area is 161 Å². The first-order valence-corrected chi connectivity index (χ1v) is 9.30. The standard InChI is InChI=1S/C21H19ClN2O3/c22-16-8-4-9-17-19(16)15(12-23-17)20(25)18-10-5-11-24(18)21(26)27-13-14-6-2-1-3-7-14/h1-4,6-9,12,18,23H,5,10-11,13H2/t18-/m1/s1. The lowest BCUT2D eigenvalue weighted by molar-refractivity contribution is 0.0739. The zero-order valence-electron chi connectivity index (χ0n) is 14.7. The summed E-state index contributed by atoms with van der Waals surface area (Å²) in [5.41, 5.74) is 2.24. The average molecular weight is 383 g/mol. The molecule has 1 aliphatic rings. The lowest BCUT2D eigenvalue weighted by Gasteiger charge is -2.23. The second-order valence-electron chi connectivity index (χ2n) is 6.62. The van der Waals surface area contributed by atoms with Crippen molar-refractivity contribution in [3.05, 3.63) is 70.9 Å². The highest BCUT2D eigenvalue weighted by Gasteiger charge is 2.36. The number of likely N-dealkylation sites (tertiary alicyclic amines) is 1. The Morgan fingerprint density at radius 1 is 1.15 bits per heavy atom. The fourth-order valence-corrected chi connectivity index (χ4v) is 3.85. The predicted octanol–water partition coefficient (Wildman–Crippen LogP) is 4.81. The Morgan fingerprint density at radius 2 is 1.96 bits per heavy atom. The molecule has 2 aromatic carbocycles. The van der Waals surface area contributed by atoms with E-state index in [0.29, 0.717) is 28.9 Å². The van der Waals surface area contributed by atoms with Crippen molar-refractivity contribution in [2.24, 2.45) is 0 Å². The number of hydrogen-bond acceptors (Lipinski definition) is 3. The Morgan fingerprint density at radius 3 is 2.78 bits per heavy atom. The summed E-state index contributed by atoms with van der Waals surface area (Å²) in [6.07, 6.45) is 2.61. The van der Waals surface area contributed by atoms with Gasteiger partial charge in [0.25, 0.3) is 0 Å². The number of benzene rings is 2. The molecule has 4 rings (SSSR count). The fourth-order valence-electron chi connectivity index (χ4n) is 3.57. The first-order chi connectivity index (χ1) is 13.1. The van der Waals surface area contributed by atoms with E-state index in [1.807, 2.05) is 42.5 Å². The minimum Gasteiger partial charge on any atom is -0.445 e. The molecule has 3 aromatic rings. The van der Waals surface area contributed by atoms with Crippen LogP contribution < -0.4 is 0 Å². The number of amides is 1. The van der Waals surface area contributed by atoms with Crippen molar-refractivity contribution in [3.8, 4) is 0 Å². The highest BCUT2D eigenvalue weighted by Crippen LogP contribution is 2.30. The lowest BCUT2D eigenvalue weighted by Crippen LogP contribution is -2.40. The van der Waals surface area contributed by atoms with Crippen LogP contribution in [-0.2, 0) is 11.3 Å². The third-order valence-corrected chi connectivity index (χ3v) is 5.23. The molecule has 1 saturated heterocycles. The first kappa shape index (κ1) is 17.6. The van der Waals surface area contributed by atoms with Crippen molar-refractivity contribution in [2.75, 3.05) is 6.54 Å². The number of Topliss-reactive ketones (excluding diaryl/α,β-unsaturated/α-hetero) is 1. The zero-order chi connectivity index (χ0) is 18.8. The molecule has 1 aromatic heterocycles. The van der Waals surface area contributed by atoms with E-state index < -0.39 is 12.1 Å². The smallest absolute Gasteiger partial charge is 0.410 e. The normalized spacial score (nSPS) is 16.6. The summed E-state index contributed by atoms with van der Waals surface area (Å²) in [6, 6.07) is 14.4. The summed E-state index contributed by atoms with van der Waals surface area (Å²) < 4.78 is 5.42. The van der Waals surface area contributed by atoms with Gasteiger partial charge in [-0.2, -0.15) is 0 Å². The molecule has 27 heavy (non-hydrogen) atoms. The number of hydrogen-bond donors (Lipinski definition) is 1. The molecule has 0 bridgehead atoms. The second kappa shape index (κ2) is 7.45. The third-order valence-electron chi connectivity index (χ3n) is 4.92. The second-order valence-corrected chi connectivity index (χ2v) is 7.03. The van der Waals surface area contributed by atoms with Crippen molar-refractivity contribution >= 4 is 34.4 Å². The van der Waals surface area contributed by atoms with Gasteiger partial charge in [0, 0.05) is 29.2 Å². The third kappa shape index (κ3) is 3.43. The number of carbonyl (C=O) groups is 2. The number of H-pyrrole nitrogens is 1. The molecule has 0 spiro atoms. The molecule has 6 heteroatoms. The number of carbonyl (C=O) groups excluding carboxylic acids is 2. The minimum atomic E-state index is -0.524. The fraction of sp³-hybridized carbons (Fsp3) is 0.238. The monoisotopic (exact) mass is 382 g/mol. The van der Waals surface area contributed by atoms with E-state index in [1.54, 1.807) is 12.3 Å². The van der Waals surface area contributed by atoms with Gasteiger partial charge in [-0.3, -0.25) is 9.69 Å². The molecule has 5 nitrogen and oxygen atoms in total. The molecule has 1 aliphatic heterocycles. The molecule has 0 saturated carbocycles. The maximum Gasteiger partial charge on any atom is 0.410 e. The van der Waals surface area contributed by atoms with Crippen LogP contribution in [0.2, 0.25) is 5.02 Å². The molecule has 138 valence electrons. The van der Waals surface area contributed by atoms with Crippen LogP contribution >= 0.6 is 11.6 Å². The number of halogens is 1. The number of nitrogens with zero attached hydrogens (tertiary/aromatic N) is 1. The van der Waals surface area contributed by atoms with Gasteiger partial charge in [-0.1, -0.05) is 48.0 Å². The van der Waals surface area contributed by atoms with E-state index in [1.165, 1.54) is 4.90 Å². The maximum atomic E-state index is 13.1. The van der Waals surface area contributed by atoms with Gasteiger partial charge in [-0.15, -0.1) is 0 Å². The predicted molar refractivity (Wildman–Crippen MR) is 104 cm³/mol. The van der Waals surface area contributed by atoms with Crippen LogP contribution in [0.4, 0.5) is 4.79 Å². The van der Waals surface area contributed by atoms with Crippen LogP contribution in [0.1, 0.15) is 28.8 Å². The minimum absolute atomic E-state index is 0.108. The molecule has 0 aliphatic carbocycles. The molecule has 0 unspecified atom stereocenters. The molecule has 0 radical (unpaired) electrons. The summed E-state index contributed by atoms with van der Waals surface area (Å²) in [5, 5.41) is 1.22. The van der Waals surface area contributed by atoms with Crippen molar-refractivity contribution in [1.82, 2.24) is 9.88 Å². The van der Waals surface area contributed by atoms with Crippen LogP contribution in [0.5, 0.6) is 0 Å². The van der Waals surface area contributed by atoms with E-state index in [4.69, 9.17) is 16.3 Å². The highest BCUT2D eigenvalue weighted by atomic mass is 35.5. The molecular formula is C21H19ClN2O3. The van der Waals surface area contributed by atoms with Gasteiger partial charge in [0.05, 0.1) is 11.1 Å². The van der Waals surface area contributed by atoms with Gasteiger partial charge in [0.2, 0.25) is 0 Å². The summed E-state index contributed by atoms with van der Waals surface area (Å²) in [7, 11) is 0. The number of ketones is 1. The van der Waals surface area contributed by atoms with Crippen molar-refractivity contribution in [2.45, 2.75) is 25.5 Å². The first-order valence-electron chi connectivity index (χ1n) is 8.92. The Hall–Kier alpha value is -2.79. The van der Waals surface area contributed by atoms with Gasteiger partial charge in [-0.05, 0) is 30.5 Å². The largest absolute Gasteiger partial charge is 0.445 e. The van der Waals surface area contributed by atoms with Crippen molar-refractivity contribution in [1.29, 1.82) is 0 Å². The number of rotatable bonds is 4. The molecule has 1 N–H and O–H groups in total. The molecule has 1 amide bonds. The summed E-state index contributed by atoms with van der Waals surface area (Å²) in [5.74, 6) is -0.108. The summed E-state index contributed by atoms with van der Waals surface area (Å²) >= 11 is 6.29. The van der Waals surface area contributed by atoms with Crippen LogP contribution in [0, 0.1) is 0 Å². The summed E-state index contributed by atoms with van der Waals surface area (Å²) in [4.78, 5) is 30.3. The number of aromatic amines is 1. The average Bonchev–Trinajstić information content (AvgIpc) is 3.34. The van der Waals surface area contributed by atoms with Crippen molar-refractivity contribution in [3.63, 3.8) is 0 Å². The van der Waals surface area contributed by atoms with Gasteiger partial charge in [-0.25, -0.2) is 4.79 Å². The lowest BCUT2D eigenvalue weighted by atomic mass is 10.0. The van der Waals surface area contributed by atoms with Gasteiger partial charge < -0.3 is 9.72 Å². The maximum absolute atomic E-state index is 13.1. The van der Waals surface area contributed by atoms with E-state index >= 15 is 0 Å². The number of ether oxygens (including phenoxy) is 1. The van der Waals surface area contributed by atoms with E-state index in [-0.39, 0.29) is 12.4 Å². The van der Waals surface area contributed by atoms with Crippen LogP contribution in [0.25, 0.3) is 10.9 Å². The van der Waals surface area contributed by atoms with Crippen LogP contribution in [0.15, 0.2) is 54.7 Å². The molecule has 1 atom stereocenters. The Balaban J connectivity index is 1.52. The van der Waals surface area contributed by atoms with Gasteiger partial charge >= 0.3 is 6.09 Å². The Bertz CT molecular complexity index is 984. The van der Waals surface area contributed by atoms with E-state index in [0.717, 1.165) is 17.5 Å². The topological polar surface area (TPSA) is 62.4 Å². The summed E-state index contributed by atoms with van der Waals surface area (Å²) in [6.45, 7) is 0.704. The van der Waals surface area contributed by atoms with Crippen LogP contribution in [-0.4, -0.2) is 34.3 Å². The zero-order valence-corrected chi connectivity index (χ0v) is 15.4. The van der Waals surface area contributed by atoms with E-state index in [9.17, 15) is 9.59 Å². The number of aromatic nitrogens is 1. The van der Waals surface area contributed by atoms with Gasteiger partial charge in [0.15, 0.2) is 5.78 Å². The quantitative estimate of drug-likeness (QED) is 0.659. The SMILES string of the molecule is O=C(c1c[nH]c2cccc(Cl)c12)[C@H]1CCCN1C(=O)OCc1ccccc1. The number of nitrogens with one attached hydrogen (secondary N) is 1. The number of fused-ring (bicyclic) bond motifs is 1. The highest BCUT2D eigenvalue weighted by molar-refractivity contribution is 6.37. The van der Waals surface area contributed by atoms with Crippen LogP contribution in [0.3, 0.4) is 0 Å². The van der Waals surface area contributed by atoms with Gasteiger partial charge in [0.1, 0.15) is 6.61 Å². The Kier molecular flexibility index (Phi) is 4.86. The van der Waals surface area contributed by atoms with E-state index in [2.05, 4.69) is 4.98 Å². The molecule has 2 heterocycles. The molecule has 1 fully saturated rings.